The number of carboxylic acids is 2. The Labute approximate surface area is 105 Å². The lowest BCUT2D eigenvalue weighted by atomic mass is 10.0. The van der Waals surface area contributed by atoms with Crippen LogP contribution in [-0.2, 0) is 9.59 Å². The molecule has 0 aromatic rings. The standard InChI is InChI=1S/C12H18O6/c1-7(13)3-5-9(11(15)16)10(12(17)18)6-4-8(2)14/h5-8,13-14H,3-4H2,1-2H3,(H,15,16)(H,17,18). The van der Waals surface area contributed by atoms with E-state index in [9.17, 15) is 9.59 Å². The van der Waals surface area contributed by atoms with Crippen LogP contribution in [0.4, 0.5) is 0 Å². The van der Waals surface area contributed by atoms with Crippen molar-refractivity contribution in [3.63, 3.8) is 0 Å². The van der Waals surface area contributed by atoms with E-state index < -0.39 is 24.1 Å². The lowest BCUT2D eigenvalue weighted by Crippen LogP contribution is -2.13. The van der Waals surface area contributed by atoms with E-state index in [2.05, 4.69) is 0 Å². The second-order valence-electron chi connectivity index (χ2n) is 4.02. The first-order valence-electron chi connectivity index (χ1n) is 5.49. The van der Waals surface area contributed by atoms with Crippen molar-refractivity contribution in [2.75, 3.05) is 0 Å². The average molecular weight is 258 g/mol. The molecule has 0 aromatic carbocycles. The van der Waals surface area contributed by atoms with Gasteiger partial charge >= 0.3 is 11.9 Å². The maximum Gasteiger partial charge on any atom is 0.336 e. The second kappa shape index (κ2) is 7.62. The summed E-state index contributed by atoms with van der Waals surface area (Å²) >= 11 is 0. The van der Waals surface area contributed by atoms with Crippen molar-refractivity contribution in [3.8, 4) is 0 Å². The van der Waals surface area contributed by atoms with Gasteiger partial charge < -0.3 is 20.4 Å². The molecule has 0 heterocycles. The quantitative estimate of drug-likeness (QED) is 0.391. The van der Waals surface area contributed by atoms with E-state index in [0.29, 0.717) is 0 Å². The molecule has 0 radical (unpaired) electrons. The number of aliphatic hydroxyl groups excluding tert-OH is 2. The van der Waals surface area contributed by atoms with Gasteiger partial charge in [0.05, 0.1) is 23.4 Å². The van der Waals surface area contributed by atoms with Crippen LogP contribution in [0.5, 0.6) is 0 Å². The fourth-order valence-electron chi connectivity index (χ4n) is 1.20. The van der Waals surface area contributed by atoms with Crippen LogP contribution >= 0.6 is 0 Å². The van der Waals surface area contributed by atoms with Gasteiger partial charge in [0.2, 0.25) is 0 Å². The molecule has 2 unspecified atom stereocenters. The van der Waals surface area contributed by atoms with E-state index in [-0.39, 0.29) is 24.0 Å². The van der Waals surface area contributed by atoms with E-state index in [1.54, 1.807) is 0 Å². The summed E-state index contributed by atoms with van der Waals surface area (Å²) in [4.78, 5) is 22.0. The van der Waals surface area contributed by atoms with Gasteiger partial charge in [0.25, 0.3) is 0 Å². The van der Waals surface area contributed by atoms with E-state index in [0.717, 1.165) is 12.2 Å². The van der Waals surface area contributed by atoms with Crippen molar-refractivity contribution in [1.29, 1.82) is 0 Å². The van der Waals surface area contributed by atoms with Gasteiger partial charge in [-0.15, -0.1) is 0 Å². The van der Waals surface area contributed by atoms with E-state index >= 15 is 0 Å². The normalized spacial score (nSPS) is 16.2. The molecule has 0 aliphatic rings. The minimum absolute atomic E-state index is 0.0426. The van der Waals surface area contributed by atoms with Gasteiger partial charge in [-0.1, -0.05) is 12.2 Å². The largest absolute Gasteiger partial charge is 0.478 e. The highest BCUT2D eigenvalue weighted by Gasteiger charge is 2.19. The molecule has 0 saturated heterocycles. The molecule has 0 saturated carbocycles. The number of carboxylic acid groups (broad SMARTS) is 2. The first-order chi connectivity index (χ1) is 8.25. The molecular formula is C12H18O6. The molecule has 0 fully saturated rings. The summed E-state index contributed by atoms with van der Waals surface area (Å²) in [5.41, 5.74) is -0.770. The van der Waals surface area contributed by atoms with Gasteiger partial charge in [-0.3, -0.25) is 0 Å². The molecule has 6 nitrogen and oxygen atoms in total. The fraction of sp³-hybridized carbons (Fsp3) is 0.500. The summed E-state index contributed by atoms with van der Waals surface area (Å²) in [6, 6.07) is 0. The molecular weight excluding hydrogens is 240 g/mol. The number of aliphatic carboxylic acids is 2. The van der Waals surface area contributed by atoms with Gasteiger partial charge in [0.15, 0.2) is 0 Å². The molecule has 0 rings (SSSR count). The lowest BCUT2D eigenvalue weighted by Gasteiger charge is -2.06. The molecule has 6 heteroatoms. The third kappa shape index (κ3) is 6.17. The summed E-state index contributed by atoms with van der Waals surface area (Å²) in [5.74, 6) is -2.76. The highest BCUT2D eigenvalue weighted by atomic mass is 16.4. The Morgan fingerprint density at radius 2 is 1.17 bits per heavy atom. The van der Waals surface area contributed by atoms with Crippen LogP contribution < -0.4 is 0 Å². The SMILES string of the molecule is CC(O)CC=C(C(=O)O)C(=CCC(C)O)C(=O)O. The van der Waals surface area contributed by atoms with Crippen LogP contribution in [0.25, 0.3) is 0 Å². The van der Waals surface area contributed by atoms with Crippen LogP contribution in [0.3, 0.4) is 0 Å². The fourth-order valence-corrected chi connectivity index (χ4v) is 1.20. The minimum atomic E-state index is -1.38. The van der Waals surface area contributed by atoms with Crippen molar-refractivity contribution in [2.45, 2.75) is 38.9 Å². The van der Waals surface area contributed by atoms with Gasteiger partial charge in [-0.25, -0.2) is 9.59 Å². The van der Waals surface area contributed by atoms with E-state index in [1.807, 2.05) is 0 Å². The molecule has 0 aliphatic heterocycles. The highest BCUT2D eigenvalue weighted by molar-refractivity contribution is 6.05. The molecule has 102 valence electrons. The van der Waals surface area contributed by atoms with Crippen molar-refractivity contribution in [3.05, 3.63) is 23.3 Å². The Balaban J connectivity index is 5.25. The summed E-state index contributed by atoms with van der Waals surface area (Å²) in [6.07, 6.45) is 0.892. The first-order valence-corrected chi connectivity index (χ1v) is 5.49. The molecule has 0 aliphatic carbocycles. The van der Waals surface area contributed by atoms with Crippen LogP contribution in [-0.4, -0.2) is 44.6 Å². The van der Waals surface area contributed by atoms with Crippen molar-refractivity contribution in [1.82, 2.24) is 0 Å². The van der Waals surface area contributed by atoms with Crippen molar-refractivity contribution in [2.24, 2.45) is 0 Å². The monoisotopic (exact) mass is 258 g/mol. The topological polar surface area (TPSA) is 115 Å². The number of hydrogen-bond donors (Lipinski definition) is 4. The Hall–Kier alpha value is -1.66. The van der Waals surface area contributed by atoms with Crippen molar-refractivity contribution >= 4 is 11.9 Å². The van der Waals surface area contributed by atoms with E-state index in [1.165, 1.54) is 13.8 Å². The maximum atomic E-state index is 11.0. The Bertz CT molecular complexity index is 329. The average Bonchev–Trinajstić information content (AvgIpc) is 2.20. The Morgan fingerprint density at radius 1 is 0.889 bits per heavy atom. The predicted molar refractivity (Wildman–Crippen MR) is 64.0 cm³/mol. The maximum absolute atomic E-state index is 11.0. The highest BCUT2D eigenvalue weighted by Crippen LogP contribution is 2.14. The molecule has 0 spiro atoms. The van der Waals surface area contributed by atoms with Gasteiger partial charge in [-0.05, 0) is 26.7 Å². The summed E-state index contributed by atoms with van der Waals surface area (Å²) in [6.45, 7) is 2.94. The van der Waals surface area contributed by atoms with Crippen LogP contribution in [0.15, 0.2) is 23.3 Å². The number of rotatable bonds is 7. The summed E-state index contributed by atoms with van der Waals surface area (Å²) < 4.78 is 0. The second-order valence-corrected chi connectivity index (χ2v) is 4.02. The molecule has 2 atom stereocenters. The minimum Gasteiger partial charge on any atom is -0.478 e. The van der Waals surface area contributed by atoms with Gasteiger partial charge in [-0.2, -0.15) is 0 Å². The van der Waals surface area contributed by atoms with Crippen molar-refractivity contribution < 1.29 is 30.0 Å². The first kappa shape index (κ1) is 16.3. The molecule has 18 heavy (non-hydrogen) atoms. The smallest absolute Gasteiger partial charge is 0.336 e. The van der Waals surface area contributed by atoms with Gasteiger partial charge in [0, 0.05) is 0 Å². The predicted octanol–water partition coefficient (Wildman–Crippen LogP) is 0.550. The zero-order valence-corrected chi connectivity index (χ0v) is 10.3. The molecule has 0 amide bonds. The number of carbonyl (C=O) groups is 2. The third-order valence-electron chi connectivity index (χ3n) is 2.08. The molecule has 0 aromatic heterocycles. The van der Waals surface area contributed by atoms with Crippen LogP contribution in [0.1, 0.15) is 26.7 Å². The third-order valence-corrected chi connectivity index (χ3v) is 2.08. The Morgan fingerprint density at radius 3 is 1.33 bits per heavy atom. The van der Waals surface area contributed by atoms with E-state index in [4.69, 9.17) is 20.4 Å². The zero-order chi connectivity index (χ0) is 14.3. The van der Waals surface area contributed by atoms with Gasteiger partial charge in [0.1, 0.15) is 0 Å². The number of aliphatic hydroxyl groups is 2. The number of hydrogen-bond acceptors (Lipinski definition) is 4. The Kier molecular flexibility index (Phi) is 6.92. The molecule has 4 N–H and O–H groups in total. The zero-order valence-electron chi connectivity index (χ0n) is 10.3. The summed E-state index contributed by atoms with van der Waals surface area (Å²) in [5, 5.41) is 36.1. The molecule has 0 bridgehead atoms. The lowest BCUT2D eigenvalue weighted by molar-refractivity contribution is -0.136. The van der Waals surface area contributed by atoms with Crippen LogP contribution in [0, 0.1) is 0 Å². The van der Waals surface area contributed by atoms with Crippen LogP contribution in [0.2, 0.25) is 0 Å². The summed E-state index contributed by atoms with van der Waals surface area (Å²) in [7, 11) is 0.